The van der Waals surface area contributed by atoms with Crippen LogP contribution >= 0.6 is 0 Å². The van der Waals surface area contributed by atoms with Gasteiger partial charge in [-0.3, -0.25) is 14.5 Å². The molecule has 0 unspecified atom stereocenters. The first kappa shape index (κ1) is 22.9. The maximum Gasteiger partial charge on any atom is 0.325 e. The molecule has 3 atom stereocenters. The molecule has 1 aliphatic heterocycles. The Balaban J connectivity index is 1.44. The molecule has 176 valence electrons. The van der Waals surface area contributed by atoms with E-state index in [4.69, 9.17) is 0 Å². The lowest BCUT2D eigenvalue weighted by Crippen LogP contribution is -2.54. The van der Waals surface area contributed by atoms with Crippen molar-refractivity contribution in [3.63, 3.8) is 0 Å². The van der Waals surface area contributed by atoms with Gasteiger partial charge < -0.3 is 10.2 Å². The van der Waals surface area contributed by atoms with Gasteiger partial charge in [-0.1, -0.05) is 32.9 Å². The number of rotatable bonds is 5. The van der Waals surface area contributed by atoms with E-state index in [-0.39, 0.29) is 29.8 Å². The number of carbonyl (C=O) groups is 3. The smallest absolute Gasteiger partial charge is 0.325 e. The van der Waals surface area contributed by atoms with Crippen LogP contribution in [0.25, 0.3) is 5.69 Å². The van der Waals surface area contributed by atoms with Crippen molar-refractivity contribution in [2.75, 3.05) is 13.6 Å². The fourth-order valence-corrected chi connectivity index (χ4v) is 5.58. The number of hydrogen-bond donors (Lipinski definition) is 1. The fourth-order valence-electron chi connectivity index (χ4n) is 5.58. The van der Waals surface area contributed by atoms with E-state index < -0.39 is 11.6 Å². The van der Waals surface area contributed by atoms with Crippen molar-refractivity contribution in [3.8, 4) is 5.69 Å². The Kier molecular flexibility index (Phi) is 5.76. The van der Waals surface area contributed by atoms with Gasteiger partial charge in [-0.2, -0.15) is 5.10 Å². The molecule has 4 amide bonds. The predicted molar refractivity (Wildman–Crippen MR) is 122 cm³/mol. The van der Waals surface area contributed by atoms with Gasteiger partial charge in [0.15, 0.2) is 0 Å². The Morgan fingerprint density at radius 1 is 1.24 bits per heavy atom. The Hall–Kier alpha value is -3.23. The zero-order chi connectivity index (χ0) is 24.0. The number of nitrogens with one attached hydrogen (secondary N) is 1. The molecule has 0 bridgehead atoms. The lowest BCUT2D eigenvalue weighted by Gasteiger charge is -2.43. The third-order valence-electron chi connectivity index (χ3n) is 6.95. The van der Waals surface area contributed by atoms with Gasteiger partial charge in [0, 0.05) is 7.05 Å². The van der Waals surface area contributed by atoms with E-state index in [0.29, 0.717) is 18.8 Å². The van der Waals surface area contributed by atoms with Crippen molar-refractivity contribution in [2.24, 2.45) is 11.3 Å². The van der Waals surface area contributed by atoms with Crippen LogP contribution in [-0.2, 0) is 9.59 Å². The van der Waals surface area contributed by atoms with E-state index in [9.17, 15) is 14.4 Å². The molecule has 33 heavy (non-hydrogen) atoms. The van der Waals surface area contributed by atoms with E-state index >= 15 is 0 Å². The highest BCUT2D eigenvalue weighted by atomic mass is 16.2. The fraction of sp³-hybridized carbons (Fsp3) is 0.542. The van der Waals surface area contributed by atoms with Crippen LogP contribution in [0.2, 0.25) is 0 Å². The monoisotopic (exact) mass is 452 g/mol. The third-order valence-corrected chi connectivity index (χ3v) is 6.95. The van der Waals surface area contributed by atoms with Crippen molar-refractivity contribution < 1.29 is 14.4 Å². The number of imide groups is 1. The summed E-state index contributed by atoms with van der Waals surface area (Å²) in [6.45, 7) is 8.02. The summed E-state index contributed by atoms with van der Waals surface area (Å²) >= 11 is 0. The Morgan fingerprint density at radius 2 is 1.94 bits per heavy atom. The number of carbonyl (C=O) groups excluding carboxylic acids is 3. The maximum absolute atomic E-state index is 13.3. The van der Waals surface area contributed by atoms with Gasteiger partial charge in [0.2, 0.25) is 5.91 Å². The van der Waals surface area contributed by atoms with Crippen molar-refractivity contribution in [2.45, 2.75) is 58.5 Å². The second kappa shape index (κ2) is 8.28. The molecule has 1 aromatic carbocycles. The number of hydrogen-bond acceptors (Lipinski definition) is 5. The minimum absolute atomic E-state index is 0.0513. The van der Waals surface area contributed by atoms with Gasteiger partial charge in [0.05, 0.1) is 11.7 Å². The molecule has 1 saturated carbocycles. The number of urea groups is 1. The first-order valence-corrected chi connectivity index (χ1v) is 11.4. The van der Waals surface area contributed by atoms with Crippen LogP contribution in [0, 0.1) is 11.3 Å². The van der Waals surface area contributed by atoms with Crippen LogP contribution in [0.3, 0.4) is 0 Å². The van der Waals surface area contributed by atoms with E-state index in [0.717, 1.165) is 22.6 Å². The Labute approximate surface area is 194 Å². The van der Waals surface area contributed by atoms with E-state index in [2.05, 4.69) is 36.2 Å². The largest absolute Gasteiger partial charge is 0.337 e. The molecule has 1 aliphatic carbocycles. The SMILES string of the molecule is C[C@@H]1CC(C)(C)C[C@]2(C1)NC(=O)N(CC(=O)N(C)[C@H](C)c1ccc(-n3cncn3)cc1)C2=O. The number of aromatic nitrogens is 3. The van der Waals surface area contributed by atoms with Crippen molar-refractivity contribution in [3.05, 3.63) is 42.5 Å². The van der Waals surface area contributed by atoms with Crippen molar-refractivity contribution >= 4 is 17.8 Å². The second-order valence-electron chi connectivity index (χ2n) is 10.4. The van der Waals surface area contributed by atoms with Gasteiger partial charge in [0.25, 0.3) is 5.91 Å². The molecule has 1 N–H and O–H groups in total. The van der Waals surface area contributed by atoms with Gasteiger partial charge in [-0.05, 0) is 55.2 Å². The Morgan fingerprint density at radius 3 is 2.55 bits per heavy atom. The zero-order valence-corrected chi connectivity index (χ0v) is 19.9. The van der Waals surface area contributed by atoms with Crippen molar-refractivity contribution in [1.82, 2.24) is 29.9 Å². The van der Waals surface area contributed by atoms with E-state index in [1.165, 1.54) is 6.33 Å². The summed E-state index contributed by atoms with van der Waals surface area (Å²) in [6.07, 6.45) is 5.29. The summed E-state index contributed by atoms with van der Waals surface area (Å²) in [5, 5.41) is 7.04. The molecule has 9 heteroatoms. The molecular weight excluding hydrogens is 420 g/mol. The van der Waals surface area contributed by atoms with Crippen LogP contribution in [0.5, 0.6) is 0 Å². The minimum atomic E-state index is -0.903. The number of amides is 4. The van der Waals surface area contributed by atoms with Crippen molar-refractivity contribution in [1.29, 1.82) is 0 Å². The molecule has 2 heterocycles. The van der Waals surface area contributed by atoms with E-state index in [1.807, 2.05) is 31.2 Å². The molecule has 2 aliphatic rings. The molecule has 1 spiro atoms. The highest BCUT2D eigenvalue weighted by Crippen LogP contribution is 2.46. The quantitative estimate of drug-likeness (QED) is 0.703. The molecule has 1 aromatic heterocycles. The Bertz CT molecular complexity index is 1050. The summed E-state index contributed by atoms with van der Waals surface area (Å²) in [4.78, 5) is 45.7. The number of likely N-dealkylation sites (N-methyl/N-ethyl adjacent to an activating group) is 1. The van der Waals surface area contributed by atoms with Crippen LogP contribution in [0.1, 0.15) is 58.6 Å². The standard InChI is InChI=1S/C24H32N6O3/c1-16-10-23(3,4)13-24(11-16)21(32)29(22(33)27-24)12-20(31)28(5)17(2)18-6-8-19(9-7-18)30-15-25-14-26-30/h6-9,14-17H,10-13H2,1-5H3,(H,27,33)/t16-,17-,24+/m1/s1. The zero-order valence-electron chi connectivity index (χ0n) is 19.9. The first-order chi connectivity index (χ1) is 15.5. The first-order valence-electron chi connectivity index (χ1n) is 11.4. The highest BCUT2D eigenvalue weighted by molar-refractivity contribution is 6.09. The summed E-state index contributed by atoms with van der Waals surface area (Å²) in [7, 11) is 1.69. The molecule has 1 saturated heterocycles. The second-order valence-corrected chi connectivity index (χ2v) is 10.4. The average molecular weight is 453 g/mol. The lowest BCUT2D eigenvalue weighted by atomic mass is 9.64. The van der Waals surface area contributed by atoms with E-state index in [1.54, 1.807) is 23.0 Å². The summed E-state index contributed by atoms with van der Waals surface area (Å²) in [6, 6.07) is 6.97. The van der Waals surface area contributed by atoms with Gasteiger partial charge in [-0.15, -0.1) is 0 Å². The number of benzene rings is 1. The molecule has 0 radical (unpaired) electrons. The maximum atomic E-state index is 13.3. The molecular formula is C24H32N6O3. The van der Waals surface area contributed by atoms with Crippen LogP contribution < -0.4 is 5.32 Å². The van der Waals surface area contributed by atoms with Crippen LogP contribution in [0.4, 0.5) is 4.79 Å². The third kappa shape index (κ3) is 4.36. The minimum Gasteiger partial charge on any atom is -0.337 e. The van der Waals surface area contributed by atoms with Crippen LogP contribution in [0.15, 0.2) is 36.9 Å². The highest BCUT2D eigenvalue weighted by Gasteiger charge is 2.56. The summed E-state index contributed by atoms with van der Waals surface area (Å²) < 4.78 is 1.66. The molecule has 2 aromatic rings. The van der Waals surface area contributed by atoms with Gasteiger partial charge in [0.1, 0.15) is 24.7 Å². The summed E-state index contributed by atoms with van der Waals surface area (Å²) in [5.41, 5.74) is 0.850. The molecule has 4 rings (SSSR count). The molecule has 9 nitrogen and oxygen atoms in total. The normalized spacial score (nSPS) is 25.2. The topological polar surface area (TPSA) is 100 Å². The summed E-state index contributed by atoms with van der Waals surface area (Å²) in [5.74, 6) is -0.248. The predicted octanol–water partition coefficient (Wildman–Crippen LogP) is 2.92. The van der Waals surface area contributed by atoms with Crippen LogP contribution in [-0.4, -0.2) is 61.5 Å². The lowest BCUT2D eigenvalue weighted by molar-refractivity contribution is -0.141. The van der Waals surface area contributed by atoms with Gasteiger partial charge >= 0.3 is 6.03 Å². The number of nitrogens with zero attached hydrogens (tertiary/aromatic N) is 5. The average Bonchev–Trinajstić information content (AvgIpc) is 3.35. The molecule has 2 fully saturated rings. The van der Waals surface area contributed by atoms with Gasteiger partial charge in [-0.25, -0.2) is 14.5 Å².